The molecule has 0 unspecified atom stereocenters. The average molecular weight is 258 g/mol. The molecule has 4 nitrogen and oxygen atoms in total. The Labute approximate surface area is 112 Å². The van der Waals surface area contributed by atoms with E-state index in [0.29, 0.717) is 12.3 Å². The van der Waals surface area contributed by atoms with Gasteiger partial charge in [-0.25, -0.2) is 4.98 Å². The summed E-state index contributed by atoms with van der Waals surface area (Å²) in [5.74, 6) is 1.35. The summed E-state index contributed by atoms with van der Waals surface area (Å²) in [5, 5.41) is 8.92. The highest BCUT2D eigenvalue weighted by Crippen LogP contribution is 2.22. The molecule has 0 saturated carbocycles. The van der Waals surface area contributed by atoms with E-state index in [0.717, 1.165) is 16.9 Å². The summed E-state index contributed by atoms with van der Waals surface area (Å²) in [4.78, 5) is 4.18. The van der Waals surface area contributed by atoms with Crippen molar-refractivity contribution in [1.82, 2.24) is 4.98 Å². The van der Waals surface area contributed by atoms with E-state index >= 15 is 0 Å². The SMILES string of the molecule is Cc1cccnc1Oc1ccc(C[C@H](N)CO)cc1. The molecule has 0 aliphatic carbocycles. The van der Waals surface area contributed by atoms with E-state index in [1.807, 2.05) is 43.3 Å². The molecule has 2 rings (SSSR count). The second-order valence-electron chi connectivity index (χ2n) is 4.52. The highest BCUT2D eigenvalue weighted by atomic mass is 16.5. The smallest absolute Gasteiger partial charge is 0.222 e. The first-order valence-corrected chi connectivity index (χ1v) is 6.24. The molecule has 0 aliphatic rings. The summed E-state index contributed by atoms with van der Waals surface area (Å²) in [6.45, 7) is 1.95. The number of pyridine rings is 1. The predicted octanol–water partition coefficient (Wildman–Crippen LogP) is 2.04. The first kappa shape index (κ1) is 13.5. The van der Waals surface area contributed by atoms with Gasteiger partial charge >= 0.3 is 0 Å². The van der Waals surface area contributed by atoms with Crippen LogP contribution >= 0.6 is 0 Å². The van der Waals surface area contributed by atoms with Crippen LogP contribution in [0.4, 0.5) is 0 Å². The Kier molecular flexibility index (Phi) is 4.49. The molecule has 1 atom stereocenters. The second kappa shape index (κ2) is 6.31. The van der Waals surface area contributed by atoms with Crippen molar-refractivity contribution >= 4 is 0 Å². The number of hydrogen-bond acceptors (Lipinski definition) is 4. The maximum absolute atomic E-state index is 8.92. The number of aliphatic hydroxyl groups excluding tert-OH is 1. The lowest BCUT2D eigenvalue weighted by molar-refractivity contribution is 0.265. The number of nitrogens with zero attached hydrogens (tertiary/aromatic N) is 1. The fraction of sp³-hybridized carbons (Fsp3) is 0.267. The van der Waals surface area contributed by atoms with Gasteiger partial charge in [-0.05, 0) is 37.1 Å². The average Bonchev–Trinajstić information content (AvgIpc) is 2.43. The molecular formula is C15H18N2O2. The lowest BCUT2D eigenvalue weighted by Gasteiger charge is -2.10. The van der Waals surface area contributed by atoms with Crippen molar-refractivity contribution in [2.24, 2.45) is 5.73 Å². The van der Waals surface area contributed by atoms with Gasteiger partial charge in [0.05, 0.1) is 6.61 Å². The lowest BCUT2D eigenvalue weighted by atomic mass is 10.1. The quantitative estimate of drug-likeness (QED) is 0.861. The van der Waals surface area contributed by atoms with Crippen LogP contribution in [-0.2, 0) is 6.42 Å². The van der Waals surface area contributed by atoms with Crippen molar-refractivity contribution < 1.29 is 9.84 Å². The summed E-state index contributed by atoms with van der Waals surface area (Å²) in [6, 6.07) is 11.3. The number of rotatable bonds is 5. The standard InChI is InChI=1S/C15H18N2O2/c1-11-3-2-8-17-15(11)19-14-6-4-12(5-7-14)9-13(16)10-18/h2-8,13,18H,9-10,16H2,1H3/t13-/m0/s1. The number of nitrogens with two attached hydrogens (primary N) is 1. The van der Waals surface area contributed by atoms with Crippen LogP contribution in [0.2, 0.25) is 0 Å². The van der Waals surface area contributed by atoms with E-state index in [-0.39, 0.29) is 12.6 Å². The Morgan fingerprint density at radius 3 is 2.63 bits per heavy atom. The molecule has 100 valence electrons. The second-order valence-corrected chi connectivity index (χ2v) is 4.52. The maximum atomic E-state index is 8.92. The fourth-order valence-electron chi connectivity index (χ4n) is 1.75. The third kappa shape index (κ3) is 3.77. The molecular weight excluding hydrogens is 240 g/mol. The molecule has 1 heterocycles. The minimum Gasteiger partial charge on any atom is -0.439 e. The maximum Gasteiger partial charge on any atom is 0.222 e. The molecule has 0 spiro atoms. The summed E-state index contributed by atoms with van der Waals surface area (Å²) in [6.07, 6.45) is 2.36. The number of aliphatic hydroxyl groups is 1. The molecule has 1 aromatic carbocycles. The summed E-state index contributed by atoms with van der Waals surface area (Å²) >= 11 is 0. The van der Waals surface area contributed by atoms with E-state index in [9.17, 15) is 0 Å². The van der Waals surface area contributed by atoms with Gasteiger partial charge in [-0.1, -0.05) is 18.2 Å². The van der Waals surface area contributed by atoms with E-state index in [1.54, 1.807) is 6.20 Å². The van der Waals surface area contributed by atoms with Gasteiger partial charge in [-0.15, -0.1) is 0 Å². The van der Waals surface area contributed by atoms with Crippen molar-refractivity contribution in [3.63, 3.8) is 0 Å². The third-order valence-electron chi connectivity index (χ3n) is 2.83. The number of ether oxygens (including phenoxy) is 1. The first-order valence-electron chi connectivity index (χ1n) is 6.24. The summed E-state index contributed by atoms with van der Waals surface area (Å²) in [5.41, 5.74) is 7.77. The van der Waals surface area contributed by atoms with Crippen LogP contribution in [0.1, 0.15) is 11.1 Å². The van der Waals surface area contributed by atoms with Gasteiger partial charge in [0.1, 0.15) is 5.75 Å². The highest BCUT2D eigenvalue weighted by Gasteiger charge is 2.04. The Morgan fingerprint density at radius 1 is 1.26 bits per heavy atom. The van der Waals surface area contributed by atoms with Gasteiger partial charge in [0.25, 0.3) is 0 Å². The van der Waals surface area contributed by atoms with E-state index in [4.69, 9.17) is 15.6 Å². The number of aryl methyl sites for hydroxylation is 1. The number of aromatic nitrogens is 1. The molecule has 0 saturated heterocycles. The molecule has 0 bridgehead atoms. The van der Waals surface area contributed by atoms with Crippen molar-refractivity contribution in [3.8, 4) is 11.6 Å². The molecule has 4 heteroatoms. The Balaban J connectivity index is 2.05. The zero-order chi connectivity index (χ0) is 13.7. The van der Waals surface area contributed by atoms with Crippen molar-refractivity contribution in [1.29, 1.82) is 0 Å². The van der Waals surface area contributed by atoms with Crippen LogP contribution in [-0.4, -0.2) is 22.7 Å². The van der Waals surface area contributed by atoms with Gasteiger partial charge in [0.15, 0.2) is 0 Å². The van der Waals surface area contributed by atoms with Crippen LogP contribution in [0.3, 0.4) is 0 Å². The molecule has 0 amide bonds. The fourth-order valence-corrected chi connectivity index (χ4v) is 1.75. The molecule has 19 heavy (non-hydrogen) atoms. The van der Waals surface area contributed by atoms with Crippen LogP contribution in [0, 0.1) is 6.92 Å². The van der Waals surface area contributed by atoms with Crippen LogP contribution < -0.4 is 10.5 Å². The molecule has 2 aromatic rings. The Hall–Kier alpha value is -1.91. The van der Waals surface area contributed by atoms with Gasteiger partial charge in [0, 0.05) is 17.8 Å². The van der Waals surface area contributed by atoms with Gasteiger partial charge in [-0.2, -0.15) is 0 Å². The third-order valence-corrected chi connectivity index (χ3v) is 2.83. The van der Waals surface area contributed by atoms with Crippen molar-refractivity contribution in [2.75, 3.05) is 6.61 Å². The summed E-state index contributed by atoms with van der Waals surface area (Å²) in [7, 11) is 0. The van der Waals surface area contributed by atoms with E-state index in [2.05, 4.69) is 4.98 Å². The molecule has 1 aromatic heterocycles. The van der Waals surface area contributed by atoms with E-state index < -0.39 is 0 Å². The normalized spacial score (nSPS) is 12.2. The minimum atomic E-state index is -0.218. The monoisotopic (exact) mass is 258 g/mol. The molecule has 3 N–H and O–H groups in total. The van der Waals surface area contributed by atoms with Gasteiger partial charge in [0.2, 0.25) is 5.88 Å². The van der Waals surface area contributed by atoms with Crippen LogP contribution in [0.15, 0.2) is 42.6 Å². The zero-order valence-corrected chi connectivity index (χ0v) is 10.9. The van der Waals surface area contributed by atoms with E-state index in [1.165, 1.54) is 0 Å². The lowest BCUT2D eigenvalue weighted by Crippen LogP contribution is -2.26. The zero-order valence-electron chi connectivity index (χ0n) is 10.9. The Bertz CT molecular complexity index is 526. The van der Waals surface area contributed by atoms with Crippen molar-refractivity contribution in [3.05, 3.63) is 53.7 Å². The van der Waals surface area contributed by atoms with Crippen LogP contribution in [0.25, 0.3) is 0 Å². The topological polar surface area (TPSA) is 68.4 Å². The van der Waals surface area contributed by atoms with Crippen molar-refractivity contribution in [2.45, 2.75) is 19.4 Å². The number of hydrogen-bond donors (Lipinski definition) is 2. The predicted molar refractivity (Wildman–Crippen MR) is 74.3 cm³/mol. The minimum absolute atomic E-state index is 0.00855. The Morgan fingerprint density at radius 2 is 2.00 bits per heavy atom. The van der Waals surface area contributed by atoms with Crippen LogP contribution in [0.5, 0.6) is 11.6 Å². The largest absolute Gasteiger partial charge is 0.439 e. The van der Waals surface area contributed by atoms with Gasteiger partial charge < -0.3 is 15.6 Å². The number of benzene rings is 1. The molecule has 0 radical (unpaired) electrons. The molecule has 0 fully saturated rings. The summed E-state index contributed by atoms with van der Waals surface area (Å²) < 4.78 is 5.70. The first-order chi connectivity index (χ1) is 9.19. The highest BCUT2D eigenvalue weighted by molar-refractivity contribution is 5.33. The van der Waals surface area contributed by atoms with Gasteiger partial charge in [-0.3, -0.25) is 0 Å². The molecule has 0 aliphatic heterocycles.